The summed E-state index contributed by atoms with van der Waals surface area (Å²) in [7, 11) is 0. The molecule has 0 amide bonds. The molecule has 0 saturated carbocycles. The van der Waals surface area contributed by atoms with Gasteiger partial charge in [-0.1, -0.05) is 32.1 Å². The zero-order valence-corrected chi connectivity index (χ0v) is 21.7. The van der Waals surface area contributed by atoms with Gasteiger partial charge < -0.3 is 24.4 Å². The number of hydrogen-bond acceptors (Lipinski definition) is 8. The standard InChI is InChI=1S/C30H33NO7/c1-4-6-7-8-16-35-25-12-14-27(24(20-25)21-31)38-30(34)26-13-10-23(19-22(26)3)11-15-29(33)37-18-9-17-36-28(32)5-2/h5,8,10-16,19-21,31H,2,4,6-7,9,17-18H2,1,3H3/b15-11+,16-8+,31-21?. The van der Waals surface area contributed by atoms with Crippen molar-refractivity contribution in [2.45, 2.75) is 39.5 Å². The van der Waals surface area contributed by atoms with E-state index in [-0.39, 0.29) is 19.0 Å². The van der Waals surface area contributed by atoms with Gasteiger partial charge in [-0.3, -0.25) is 0 Å². The maximum absolute atomic E-state index is 12.8. The Hall–Kier alpha value is -4.46. The minimum absolute atomic E-state index is 0.109. The number of hydrogen-bond donors (Lipinski definition) is 1. The summed E-state index contributed by atoms with van der Waals surface area (Å²) in [6, 6.07) is 9.94. The minimum atomic E-state index is -0.564. The van der Waals surface area contributed by atoms with E-state index in [1.54, 1.807) is 55.7 Å². The SMILES string of the molecule is C=CC(=O)OCCCOC(=O)/C=C/c1ccc(C(=O)Oc2ccc(O/C=C/CCCC)cc2C=N)c(C)c1. The molecule has 0 radical (unpaired) electrons. The molecule has 200 valence electrons. The Balaban J connectivity index is 1.94. The molecule has 0 saturated heterocycles. The second-order valence-corrected chi connectivity index (χ2v) is 8.17. The van der Waals surface area contributed by atoms with E-state index in [4.69, 9.17) is 24.4 Å². The molecular weight excluding hydrogens is 486 g/mol. The van der Waals surface area contributed by atoms with Crippen LogP contribution in [0.25, 0.3) is 6.08 Å². The molecule has 0 spiro atoms. The van der Waals surface area contributed by atoms with Crippen molar-refractivity contribution in [2.75, 3.05) is 13.2 Å². The zero-order chi connectivity index (χ0) is 27.8. The highest BCUT2D eigenvalue weighted by atomic mass is 16.5. The number of carbonyl (C=O) groups is 3. The zero-order valence-electron chi connectivity index (χ0n) is 21.7. The van der Waals surface area contributed by atoms with Gasteiger partial charge in [0.2, 0.25) is 0 Å². The van der Waals surface area contributed by atoms with Gasteiger partial charge in [-0.05, 0) is 67.3 Å². The Morgan fingerprint density at radius 3 is 2.45 bits per heavy atom. The van der Waals surface area contributed by atoms with Gasteiger partial charge in [0.15, 0.2) is 0 Å². The van der Waals surface area contributed by atoms with Gasteiger partial charge in [-0.15, -0.1) is 0 Å². The molecule has 2 aromatic carbocycles. The lowest BCUT2D eigenvalue weighted by Crippen LogP contribution is -2.11. The molecule has 8 heteroatoms. The summed E-state index contributed by atoms with van der Waals surface area (Å²) in [6.07, 6.45) is 12.1. The summed E-state index contributed by atoms with van der Waals surface area (Å²) < 4.78 is 21.0. The smallest absolute Gasteiger partial charge is 0.343 e. The van der Waals surface area contributed by atoms with Gasteiger partial charge in [0.1, 0.15) is 11.5 Å². The molecule has 0 aliphatic heterocycles. The summed E-state index contributed by atoms with van der Waals surface area (Å²) in [5.74, 6) is -0.839. The number of ether oxygens (including phenoxy) is 4. The predicted molar refractivity (Wildman–Crippen MR) is 146 cm³/mol. The molecule has 0 fully saturated rings. The largest absolute Gasteiger partial charge is 0.465 e. The summed E-state index contributed by atoms with van der Waals surface area (Å²) in [5, 5.41) is 7.68. The Kier molecular flexibility index (Phi) is 12.8. The molecule has 0 atom stereocenters. The topological polar surface area (TPSA) is 112 Å². The number of carbonyl (C=O) groups excluding carboxylic acids is 3. The lowest BCUT2D eigenvalue weighted by atomic mass is 10.0. The van der Waals surface area contributed by atoms with Crippen molar-refractivity contribution in [3.63, 3.8) is 0 Å². The third kappa shape index (κ3) is 10.3. The van der Waals surface area contributed by atoms with Gasteiger partial charge in [-0.25, -0.2) is 14.4 Å². The number of esters is 3. The summed E-state index contributed by atoms with van der Waals surface area (Å²) in [5.41, 5.74) is 2.12. The molecule has 0 aromatic heterocycles. The van der Waals surface area contributed by atoms with E-state index < -0.39 is 17.9 Å². The normalized spacial score (nSPS) is 10.8. The maximum Gasteiger partial charge on any atom is 0.343 e. The molecule has 0 heterocycles. The van der Waals surface area contributed by atoms with Crippen molar-refractivity contribution in [3.8, 4) is 11.5 Å². The quantitative estimate of drug-likeness (QED) is 0.0770. The first-order valence-electron chi connectivity index (χ1n) is 12.3. The molecule has 1 N–H and O–H groups in total. The first-order chi connectivity index (χ1) is 18.4. The second kappa shape index (κ2) is 16.3. The fraction of sp³-hybridized carbons (Fsp3) is 0.267. The van der Waals surface area contributed by atoms with E-state index in [2.05, 4.69) is 13.5 Å². The highest BCUT2D eigenvalue weighted by molar-refractivity contribution is 5.95. The van der Waals surface area contributed by atoms with Crippen LogP contribution < -0.4 is 9.47 Å². The van der Waals surface area contributed by atoms with Gasteiger partial charge >= 0.3 is 17.9 Å². The second-order valence-electron chi connectivity index (χ2n) is 8.17. The van der Waals surface area contributed by atoms with Gasteiger partial charge in [0.25, 0.3) is 0 Å². The Bertz CT molecular complexity index is 1200. The van der Waals surface area contributed by atoms with Crippen molar-refractivity contribution < 1.29 is 33.3 Å². The van der Waals surface area contributed by atoms with E-state index in [9.17, 15) is 14.4 Å². The number of benzene rings is 2. The molecule has 0 unspecified atom stereocenters. The molecule has 0 aliphatic carbocycles. The number of unbranched alkanes of at least 4 members (excludes halogenated alkanes) is 2. The minimum Gasteiger partial charge on any atom is -0.465 e. The lowest BCUT2D eigenvalue weighted by molar-refractivity contribution is -0.140. The van der Waals surface area contributed by atoms with E-state index in [0.29, 0.717) is 34.4 Å². The van der Waals surface area contributed by atoms with Crippen molar-refractivity contribution in [3.05, 3.63) is 89.7 Å². The van der Waals surface area contributed by atoms with Crippen LogP contribution in [0, 0.1) is 12.3 Å². The molecule has 38 heavy (non-hydrogen) atoms. The van der Waals surface area contributed by atoms with Crippen molar-refractivity contribution in [2.24, 2.45) is 0 Å². The van der Waals surface area contributed by atoms with Crippen LogP contribution in [0.4, 0.5) is 0 Å². The average molecular weight is 520 g/mol. The highest BCUT2D eigenvalue weighted by Gasteiger charge is 2.14. The summed E-state index contributed by atoms with van der Waals surface area (Å²) in [4.78, 5) is 35.6. The van der Waals surface area contributed by atoms with Crippen LogP contribution in [-0.4, -0.2) is 37.3 Å². The third-order valence-electron chi connectivity index (χ3n) is 5.19. The fourth-order valence-electron chi connectivity index (χ4n) is 3.17. The predicted octanol–water partition coefficient (Wildman–Crippen LogP) is 5.97. The Morgan fingerprint density at radius 2 is 1.76 bits per heavy atom. The number of rotatable bonds is 15. The monoisotopic (exact) mass is 519 g/mol. The third-order valence-corrected chi connectivity index (χ3v) is 5.19. The highest BCUT2D eigenvalue weighted by Crippen LogP contribution is 2.25. The lowest BCUT2D eigenvalue weighted by Gasteiger charge is -2.11. The number of nitrogens with one attached hydrogen (secondary N) is 1. The van der Waals surface area contributed by atoms with Crippen LogP contribution in [0.3, 0.4) is 0 Å². The summed E-state index contributed by atoms with van der Waals surface area (Å²) in [6.45, 7) is 7.42. The van der Waals surface area contributed by atoms with Crippen LogP contribution in [0.15, 0.2) is 67.5 Å². The van der Waals surface area contributed by atoms with Crippen LogP contribution in [0.5, 0.6) is 11.5 Å². The molecule has 2 rings (SSSR count). The van der Waals surface area contributed by atoms with Crippen LogP contribution in [-0.2, 0) is 19.1 Å². The Morgan fingerprint density at radius 1 is 1.00 bits per heavy atom. The van der Waals surface area contributed by atoms with E-state index in [0.717, 1.165) is 31.6 Å². The first kappa shape index (κ1) is 29.8. The molecular formula is C30H33NO7. The van der Waals surface area contributed by atoms with Gasteiger partial charge in [-0.2, -0.15) is 0 Å². The van der Waals surface area contributed by atoms with Crippen molar-refractivity contribution in [1.82, 2.24) is 0 Å². The number of allylic oxidation sites excluding steroid dienone is 1. The van der Waals surface area contributed by atoms with E-state index in [1.807, 2.05) is 6.08 Å². The fourth-order valence-corrected chi connectivity index (χ4v) is 3.17. The first-order valence-corrected chi connectivity index (χ1v) is 12.3. The van der Waals surface area contributed by atoms with Crippen LogP contribution >= 0.6 is 0 Å². The Labute approximate surface area is 223 Å². The maximum atomic E-state index is 12.8. The molecule has 0 aliphatic rings. The van der Waals surface area contributed by atoms with Crippen LogP contribution in [0.1, 0.15) is 59.7 Å². The van der Waals surface area contributed by atoms with Crippen LogP contribution in [0.2, 0.25) is 0 Å². The number of aryl methyl sites for hydroxylation is 1. The molecule has 2 aromatic rings. The average Bonchev–Trinajstić information content (AvgIpc) is 2.92. The van der Waals surface area contributed by atoms with Gasteiger partial charge in [0.05, 0.1) is 25.0 Å². The van der Waals surface area contributed by atoms with Crippen molar-refractivity contribution in [1.29, 1.82) is 5.41 Å². The van der Waals surface area contributed by atoms with E-state index >= 15 is 0 Å². The van der Waals surface area contributed by atoms with Gasteiger partial charge in [0, 0.05) is 30.4 Å². The molecule has 8 nitrogen and oxygen atoms in total. The van der Waals surface area contributed by atoms with E-state index in [1.165, 1.54) is 6.08 Å². The summed E-state index contributed by atoms with van der Waals surface area (Å²) >= 11 is 0. The van der Waals surface area contributed by atoms with Crippen molar-refractivity contribution >= 4 is 30.2 Å². The molecule has 0 bridgehead atoms.